The quantitative estimate of drug-likeness (QED) is 0.819. The van der Waals surface area contributed by atoms with E-state index in [1.807, 2.05) is 6.07 Å². The van der Waals surface area contributed by atoms with Gasteiger partial charge in [-0.15, -0.1) is 0 Å². The van der Waals surface area contributed by atoms with Crippen molar-refractivity contribution in [2.75, 3.05) is 19.0 Å². The normalized spacial score (nSPS) is 9.53. The number of ether oxygens (including phenoxy) is 1. The Balaban J connectivity index is 2.47. The molecule has 5 heteroatoms. The first kappa shape index (κ1) is 13.0. The fourth-order valence-electron chi connectivity index (χ4n) is 1.27. The lowest BCUT2D eigenvalue weighted by Gasteiger charge is -2.10. The highest BCUT2D eigenvalue weighted by Crippen LogP contribution is 2.22. The molecule has 5 nitrogen and oxygen atoms in total. The molecule has 0 fully saturated rings. The van der Waals surface area contributed by atoms with Gasteiger partial charge in [0, 0.05) is 13.0 Å². The molecule has 0 unspecified atom stereocenters. The molecule has 0 bridgehead atoms. The van der Waals surface area contributed by atoms with Crippen molar-refractivity contribution in [3.8, 4) is 5.75 Å². The summed E-state index contributed by atoms with van der Waals surface area (Å²) >= 11 is 0. The van der Waals surface area contributed by atoms with Crippen molar-refractivity contribution in [2.45, 2.75) is 13.3 Å². The maximum atomic E-state index is 11.5. The number of para-hydroxylation sites is 2. The van der Waals surface area contributed by atoms with E-state index >= 15 is 0 Å². The maximum Gasteiger partial charge on any atom is 0.319 e. The molecule has 0 spiro atoms. The second-order valence-electron chi connectivity index (χ2n) is 3.53. The minimum absolute atomic E-state index is 0.0441. The van der Waals surface area contributed by atoms with Crippen LogP contribution in [0.1, 0.15) is 13.3 Å². The molecule has 0 saturated heterocycles. The summed E-state index contributed by atoms with van der Waals surface area (Å²) in [4.78, 5) is 22.2. The summed E-state index contributed by atoms with van der Waals surface area (Å²) in [5, 5.41) is 5.24. The Bertz CT molecular complexity index is 404. The second kappa shape index (κ2) is 6.52. The minimum atomic E-state index is -0.351. The van der Waals surface area contributed by atoms with Crippen LogP contribution in [0.25, 0.3) is 0 Å². The average Bonchev–Trinajstić information content (AvgIpc) is 2.29. The number of amides is 2. The number of carbonyl (C=O) groups is 2. The van der Waals surface area contributed by atoms with Crippen molar-refractivity contribution in [1.29, 1.82) is 0 Å². The largest absolute Gasteiger partial charge is 0.495 e. The molecule has 0 aromatic heterocycles. The molecule has 92 valence electrons. The van der Waals surface area contributed by atoms with Crippen LogP contribution < -0.4 is 15.4 Å². The van der Waals surface area contributed by atoms with E-state index < -0.39 is 0 Å². The van der Waals surface area contributed by atoms with Gasteiger partial charge >= 0.3 is 6.03 Å². The van der Waals surface area contributed by atoms with Gasteiger partial charge in [0.2, 0.25) is 0 Å². The zero-order chi connectivity index (χ0) is 12.7. The average molecular weight is 236 g/mol. The first-order valence-electron chi connectivity index (χ1n) is 5.31. The number of nitrogens with one attached hydrogen (secondary N) is 2. The molecule has 1 aromatic carbocycles. The van der Waals surface area contributed by atoms with Crippen molar-refractivity contribution < 1.29 is 14.3 Å². The van der Waals surface area contributed by atoms with Crippen molar-refractivity contribution >= 4 is 17.5 Å². The van der Waals surface area contributed by atoms with Gasteiger partial charge in [0.25, 0.3) is 0 Å². The van der Waals surface area contributed by atoms with E-state index in [4.69, 9.17) is 4.74 Å². The molecule has 2 amide bonds. The summed E-state index contributed by atoms with van der Waals surface area (Å²) in [6, 6.07) is 6.76. The Morgan fingerprint density at radius 2 is 2.00 bits per heavy atom. The summed E-state index contributed by atoms with van der Waals surface area (Å²) in [5.41, 5.74) is 0.593. The van der Waals surface area contributed by atoms with Gasteiger partial charge in [0.15, 0.2) is 0 Å². The van der Waals surface area contributed by atoms with Crippen LogP contribution in [0.2, 0.25) is 0 Å². The Morgan fingerprint density at radius 3 is 2.65 bits per heavy atom. The van der Waals surface area contributed by atoms with E-state index in [9.17, 15) is 9.59 Å². The number of rotatable bonds is 5. The predicted octanol–water partition coefficient (Wildman–Crippen LogP) is 1.80. The molecule has 2 N–H and O–H groups in total. The van der Waals surface area contributed by atoms with E-state index in [-0.39, 0.29) is 11.8 Å². The van der Waals surface area contributed by atoms with E-state index in [2.05, 4.69) is 10.6 Å². The first-order valence-corrected chi connectivity index (χ1v) is 5.31. The van der Waals surface area contributed by atoms with Gasteiger partial charge in [0.1, 0.15) is 11.5 Å². The number of carbonyl (C=O) groups excluding carboxylic acids is 2. The standard InChI is InChI=1S/C12H16N2O3/c1-9(15)7-8-13-12(16)14-10-5-3-4-6-11(10)17-2/h3-6H,7-8H2,1-2H3,(H2,13,14,16). The van der Waals surface area contributed by atoms with Crippen LogP contribution in [0.4, 0.5) is 10.5 Å². The van der Waals surface area contributed by atoms with Crippen molar-refractivity contribution in [3.63, 3.8) is 0 Å². The second-order valence-corrected chi connectivity index (χ2v) is 3.53. The summed E-state index contributed by atoms with van der Waals surface area (Å²) < 4.78 is 5.09. The van der Waals surface area contributed by atoms with Crippen LogP contribution in [0.3, 0.4) is 0 Å². The van der Waals surface area contributed by atoms with Gasteiger partial charge in [-0.05, 0) is 19.1 Å². The molecule has 0 aliphatic rings. The Hall–Kier alpha value is -2.04. The monoisotopic (exact) mass is 236 g/mol. The van der Waals surface area contributed by atoms with Crippen molar-refractivity contribution in [2.24, 2.45) is 0 Å². The lowest BCUT2D eigenvalue weighted by Crippen LogP contribution is -2.30. The summed E-state index contributed by atoms with van der Waals surface area (Å²) in [6.45, 7) is 1.82. The third-order valence-electron chi connectivity index (χ3n) is 2.12. The highest BCUT2D eigenvalue weighted by molar-refractivity contribution is 5.91. The summed E-state index contributed by atoms with van der Waals surface area (Å²) in [6.07, 6.45) is 0.333. The molecule has 0 atom stereocenters. The summed E-state index contributed by atoms with van der Waals surface area (Å²) in [7, 11) is 1.54. The SMILES string of the molecule is COc1ccccc1NC(=O)NCCC(C)=O. The topological polar surface area (TPSA) is 67.4 Å². The number of hydrogen-bond acceptors (Lipinski definition) is 3. The van der Waals surface area contributed by atoms with Gasteiger partial charge in [-0.2, -0.15) is 0 Å². The highest BCUT2D eigenvalue weighted by atomic mass is 16.5. The van der Waals surface area contributed by atoms with E-state index in [1.54, 1.807) is 18.2 Å². The van der Waals surface area contributed by atoms with Crippen LogP contribution >= 0.6 is 0 Å². The van der Waals surface area contributed by atoms with Gasteiger partial charge in [-0.3, -0.25) is 4.79 Å². The van der Waals surface area contributed by atoms with Crippen molar-refractivity contribution in [3.05, 3.63) is 24.3 Å². The molecule has 0 heterocycles. The Morgan fingerprint density at radius 1 is 1.29 bits per heavy atom. The van der Waals surface area contributed by atoms with Crippen LogP contribution in [0, 0.1) is 0 Å². The zero-order valence-electron chi connectivity index (χ0n) is 9.95. The molecule has 1 rings (SSSR count). The molecule has 1 aromatic rings. The molecule has 17 heavy (non-hydrogen) atoms. The molecule has 0 aliphatic heterocycles. The van der Waals surface area contributed by atoms with Gasteiger partial charge in [0.05, 0.1) is 12.8 Å². The van der Waals surface area contributed by atoms with E-state index in [0.717, 1.165) is 0 Å². The number of benzene rings is 1. The predicted molar refractivity (Wildman–Crippen MR) is 65.3 cm³/mol. The lowest BCUT2D eigenvalue weighted by molar-refractivity contribution is -0.116. The van der Waals surface area contributed by atoms with E-state index in [0.29, 0.717) is 24.4 Å². The van der Waals surface area contributed by atoms with Crippen LogP contribution in [0.5, 0.6) is 5.75 Å². The maximum absolute atomic E-state index is 11.5. The highest BCUT2D eigenvalue weighted by Gasteiger charge is 2.05. The minimum Gasteiger partial charge on any atom is -0.495 e. The van der Waals surface area contributed by atoms with Gasteiger partial charge in [-0.25, -0.2) is 4.79 Å². The molecular formula is C12H16N2O3. The molecule has 0 aliphatic carbocycles. The smallest absolute Gasteiger partial charge is 0.319 e. The molecule has 0 radical (unpaired) electrons. The van der Waals surface area contributed by atoms with Gasteiger partial charge < -0.3 is 15.4 Å². The number of urea groups is 1. The van der Waals surface area contributed by atoms with Crippen LogP contribution in [0.15, 0.2) is 24.3 Å². The third kappa shape index (κ3) is 4.55. The zero-order valence-corrected chi connectivity index (χ0v) is 9.95. The third-order valence-corrected chi connectivity index (χ3v) is 2.12. The van der Waals surface area contributed by atoms with Crippen molar-refractivity contribution in [1.82, 2.24) is 5.32 Å². The molecule has 0 saturated carbocycles. The number of methoxy groups -OCH3 is 1. The van der Waals surface area contributed by atoms with E-state index in [1.165, 1.54) is 14.0 Å². The number of hydrogen-bond donors (Lipinski definition) is 2. The fraction of sp³-hybridized carbons (Fsp3) is 0.333. The Labute approximate surface area is 100 Å². The summed E-state index contributed by atoms with van der Waals surface area (Å²) in [5.74, 6) is 0.636. The number of anilines is 1. The Kier molecular flexibility index (Phi) is 5.00. The molecular weight excluding hydrogens is 220 g/mol. The lowest BCUT2D eigenvalue weighted by atomic mass is 10.3. The van der Waals surface area contributed by atoms with Crippen LogP contribution in [-0.4, -0.2) is 25.5 Å². The number of Topliss-reactive ketones (excluding diaryl/α,β-unsaturated/α-hetero) is 1. The van der Waals surface area contributed by atoms with Gasteiger partial charge in [-0.1, -0.05) is 12.1 Å². The first-order chi connectivity index (χ1) is 8.13. The fourth-order valence-corrected chi connectivity index (χ4v) is 1.27. The van der Waals surface area contributed by atoms with Crippen LogP contribution in [-0.2, 0) is 4.79 Å². The number of ketones is 1.